The zero-order valence-corrected chi connectivity index (χ0v) is 18.2. The van der Waals surface area contributed by atoms with E-state index in [1.165, 1.54) is 6.33 Å². The third-order valence-corrected chi connectivity index (χ3v) is 5.99. The van der Waals surface area contributed by atoms with Gasteiger partial charge in [0.1, 0.15) is 29.6 Å². The zero-order valence-electron chi connectivity index (χ0n) is 17.4. The Morgan fingerprint density at radius 2 is 1.94 bits per heavy atom. The van der Waals surface area contributed by atoms with Gasteiger partial charge in [0.25, 0.3) is 5.56 Å². The first-order valence-electron chi connectivity index (χ1n) is 10.2. The van der Waals surface area contributed by atoms with Crippen LogP contribution in [0, 0.1) is 11.3 Å². The molecule has 0 bridgehead atoms. The van der Waals surface area contributed by atoms with Gasteiger partial charge in [-0.25, -0.2) is 15.0 Å². The molecule has 1 aliphatic heterocycles. The van der Waals surface area contributed by atoms with Crippen LogP contribution >= 0.6 is 11.6 Å². The van der Waals surface area contributed by atoms with E-state index in [9.17, 15) is 10.1 Å². The summed E-state index contributed by atoms with van der Waals surface area (Å²) in [6.45, 7) is 4.59. The second kappa shape index (κ2) is 8.04. The number of nitriles is 1. The van der Waals surface area contributed by atoms with Gasteiger partial charge >= 0.3 is 0 Å². The van der Waals surface area contributed by atoms with Crippen LogP contribution in [0.5, 0.6) is 0 Å². The van der Waals surface area contributed by atoms with Crippen LogP contribution in [0.25, 0.3) is 16.6 Å². The van der Waals surface area contributed by atoms with Crippen LogP contribution in [0.1, 0.15) is 23.9 Å². The summed E-state index contributed by atoms with van der Waals surface area (Å²) >= 11 is 6.39. The SMILES string of the molecule is C=C1C[C@@H](c2nc3cccc(Cl)c3c(=O)n2-c2ccccc2)N(c2ncnc(N)c2C#N)C1. The molecule has 0 unspecified atom stereocenters. The van der Waals surface area contributed by atoms with E-state index in [-0.39, 0.29) is 16.9 Å². The van der Waals surface area contributed by atoms with E-state index in [2.05, 4.69) is 22.6 Å². The zero-order chi connectivity index (χ0) is 23.1. The summed E-state index contributed by atoms with van der Waals surface area (Å²) < 4.78 is 1.57. The van der Waals surface area contributed by atoms with E-state index in [1.54, 1.807) is 22.8 Å². The molecule has 4 aromatic rings. The number of rotatable bonds is 3. The average Bonchev–Trinajstić information content (AvgIpc) is 3.20. The van der Waals surface area contributed by atoms with Gasteiger partial charge in [-0.05, 0) is 30.7 Å². The summed E-state index contributed by atoms with van der Waals surface area (Å²) in [6.07, 6.45) is 1.85. The maximum Gasteiger partial charge on any atom is 0.267 e. The topological polar surface area (TPSA) is 114 Å². The number of aromatic nitrogens is 4. The number of para-hydroxylation sites is 1. The van der Waals surface area contributed by atoms with Gasteiger partial charge in [-0.15, -0.1) is 0 Å². The highest BCUT2D eigenvalue weighted by Gasteiger charge is 2.35. The van der Waals surface area contributed by atoms with E-state index in [0.29, 0.717) is 46.2 Å². The number of nitrogens with zero attached hydrogens (tertiary/aromatic N) is 6. The molecule has 9 heteroatoms. The molecule has 162 valence electrons. The van der Waals surface area contributed by atoms with Gasteiger partial charge in [0.05, 0.1) is 27.7 Å². The molecule has 2 N–H and O–H groups in total. The number of hydrogen-bond acceptors (Lipinski definition) is 7. The van der Waals surface area contributed by atoms with Crippen molar-refractivity contribution in [1.82, 2.24) is 19.5 Å². The Balaban J connectivity index is 1.81. The number of fused-ring (bicyclic) bond motifs is 1. The monoisotopic (exact) mass is 455 g/mol. The molecule has 5 rings (SSSR count). The van der Waals surface area contributed by atoms with Crippen LogP contribution in [0.4, 0.5) is 11.6 Å². The second-order valence-corrected chi connectivity index (χ2v) is 8.15. The maximum atomic E-state index is 13.7. The molecule has 33 heavy (non-hydrogen) atoms. The fourth-order valence-corrected chi connectivity index (χ4v) is 4.47. The molecular formula is C24H18ClN7O. The second-order valence-electron chi connectivity index (χ2n) is 7.75. The fourth-order valence-electron chi connectivity index (χ4n) is 4.22. The minimum absolute atomic E-state index is 0.0949. The van der Waals surface area contributed by atoms with E-state index in [0.717, 1.165) is 5.57 Å². The number of hydrogen-bond donors (Lipinski definition) is 1. The highest BCUT2D eigenvalue weighted by Crippen LogP contribution is 2.39. The number of halogens is 1. The molecule has 0 radical (unpaired) electrons. The van der Waals surface area contributed by atoms with Crippen molar-refractivity contribution >= 4 is 34.1 Å². The Bertz CT molecular complexity index is 1510. The molecule has 0 amide bonds. The van der Waals surface area contributed by atoms with Gasteiger partial charge < -0.3 is 10.6 Å². The first-order valence-corrected chi connectivity index (χ1v) is 10.6. The van der Waals surface area contributed by atoms with E-state index in [4.69, 9.17) is 22.3 Å². The summed E-state index contributed by atoms with van der Waals surface area (Å²) in [5.41, 5.74) is 7.92. The Labute approximate surface area is 194 Å². The molecule has 1 fully saturated rings. The van der Waals surface area contributed by atoms with Crippen molar-refractivity contribution in [2.45, 2.75) is 12.5 Å². The minimum atomic E-state index is -0.407. The molecule has 1 saturated heterocycles. The van der Waals surface area contributed by atoms with Crippen molar-refractivity contribution in [2.75, 3.05) is 17.2 Å². The summed E-state index contributed by atoms with van der Waals surface area (Å²) in [4.78, 5) is 28.8. The van der Waals surface area contributed by atoms with E-state index < -0.39 is 6.04 Å². The van der Waals surface area contributed by atoms with Gasteiger partial charge in [-0.3, -0.25) is 9.36 Å². The Kier molecular flexibility index (Phi) is 5.04. The van der Waals surface area contributed by atoms with Gasteiger partial charge in [-0.1, -0.05) is 48.0 Å². The number of nitrogens with two attached hydrogens (primary N) is 1. The predicted octanol–water partition coefficient (Wildman–Crippen LogP) is 3.79. The largest absolute Gasteiger partial charge is 0.382 e. The average molecular weight is 456 g/mol. The van der Waals surface area contributed by atoms with Crippen LogP contribution in [0.3, 0.4) is 0 Å². The molecule has 2 aromatic heterocycles. The summed E-state index contributed by atoms with van der Waals surface area (Å²) in [7, 11) is 0. The van der Waals surface area contributed by atoms with Gasteiger partial charge in [0, 0.05) is 6.54 Å². The Morgan fingerprint density at radius 3 is 2.70 bits per heavy atom. The molecule has 8 nitrogen and oxygen atoms in total. The Morgan fingerprint density at radius 1 is 1.15 bits per heavy atom. The number of anilines is 2. The standard InChI is InChI=1S/C24H18ClN7O/c1-14-10-19(31(12-14)22-16(11-26)21(27)28-13-29-22)23-30-18-9-5-8-17(25)20(18)24(33)32(23)15-6-3-2-4-7-15/h2-9,13,19H,1,10,12H2,(H2,27,28,29)/t19-/m0/s1. The molecule has 0 aliphatic carbocycles. The molecular weight excluding hydrogens is 438 g/mol. The van der Waals surface area contributed by atoms with Crippen LogP contribution in [0.15, 0.2) is 71.8 Å². The first-order chi connectivity index (χ1) is 16.0. The highest BCUT2D eigenvalue weighted by molar-refractivity contribution is 6.35. The lowest BCUT2D eigenvalue weighted by Crippen LogP contribution is -2.32. The quantitative estimate of drug-likeness (QED) is 0.467. The van der Waals surface area contributed by atoms with Crippen LogP contribution in [-0.2, 0) is 0 Å². The van der Waals surface area contributed by atoms with Crippen molar-refractivity contribution in [3.05, 3.63) is 93.8 Å². The predicted molar refractivity (Wildman–Crippen MR) is 127 cm³/mol. The maximum absolute atomic E-state index is 13.7. The molecule has 0 spiro atoms. The third kappa shape index (κ3) is 3.39. The molecule has 1 aliphatic rings. The fraction of sp³-hybridized carbons (Fsp3) is 0.125. The number of benzene rings is 2. The highest BCUT2D eigenvalue weighted by atomic mass is 35.5. The molecule has 2 aromatic carbocycles. The van der Waals surface area contributed by atoms with Crippen LogP contribution in [-0.4, -0.2) is 26.1 Å². The van der Waals surface area contributed by atoms with Crippen molar-refractivity contribution in [1.29, 1.82) is 5.26 Å². The van der Waals surface area contributed by atoms with Crippen molar-refractivity contribution in [3.8, 4) is 11.8 Å². The van der Waals surface area contributed by atoms with Gasteiger partial charge in [-0.2, -0.15) is 5.26 Å². The lowest BCUT2D eigenvalue weighted by atomic mass is 10.1. The third-order valence-electron chi connectivity index (χ3n) is 5.68. The summed E-state index contributed by atoms with van der Waals surface area (Å²) in [6, 6.07) is 16.2. The smallest absolute Gasteiger partial charge is 0.267 e. The van der Waals surface area contributed by atoms with E-state index >= 15 is 0 Å². The Hall–Kier alpha value is -4.22. The molecule has 3 heterocycles. The number of nitrogen functional groups attached to an aromatic ring is 1. The van der Waals surface area contributed by atoms with Crippen LogP contribution in [0.2, 0.25) is 5.02 Å². The van der Waals surface area contributed by atoms with Crippen molar-refractivity contribution < 1.29 is 0 Å². The summed E-state index contributed by atoms with van der Waals surface area (Å²) in [5.74, 6) is 0.979. The van der Waals surface area contributed by atoms with Gasteiger partial charge in [0.2, 0.25) is 0 Å². The first kappa shape index (κ1) is 20.7. The normalized spacial score (nSPS) is 15.7. The van der Waals surface area contributed by atoms with Crippen LogP contribution < -0.4 is 16.2 Å². The minimum Gasteiger partial charge on any atom is -0.382 e. The lowest BCUT2D eigenvalue weighted by Gasteiger charge is -2.28. The van der Waals surface area contributed by atoms with Crippen molar-refractivity contribution in [2.24, 2.45) is 0 Å². The van der Waals surface area contributed by atoms with E-state index in [1.807, 2.05) is 35.2 Å². The molecule has 1 atom stereocenters. The van der Waals surface area contributed by atoms with Gasteiger partial charge in [0.15, 0.2) is 5.82 Å². The molecule has 0 saturated carbocycles. The summed E-state index contributed by atoms with van der Waals surface area (Å²) in [5, 5.41) is 10.4. The lowest BCUT2D eigenvalue weighted by molar-refractivity contribution is 0.640. The van der Waals surface area contributed by atoms with Crippen molar-refractivity contribution in [3.63, 3.8) is 0 Å².